The maximum absolute atomic E-state index is 11.6. The third kappa shape index (κ3) is 2.68. The van der Waals surface area contributed by atoms with E-state index in [1.807, 2.05) is 0 Å². The summed E-state index contributed by atoms with van der Waals surface area (Å²) in [4.78, 5) is 32.0. The molecular formula is C11H8N2O6. The van der Waals surface area contributed by atoms with Gasteiger partial charge in [0.15, 0.2) is 0 Å². The van der Waals surface area contributed by atoms with Crippen LogP contribution in [-0.2, 0) is 6.54 Å². The summed E-state index contributed by atoms with van der Waals surface area (Å²) >= 11 is 0. The van der Waals surface area contributed by atoms with Gasteiger partial charge in [0, 0.05) is 12.3 Å². The standard InChI is InChI=1S/C11H8N2O6/c14-9-5-7(11(15)16)3-4-12(9)6-8-1-2-10(19-8)13(17)18/h1-5H,6H2,(H,15,16). The molecule has 8 nitrogen and oxygen atoms in total. The maximum atomic E-state index is 11.6. The number of nitrogens with zero attached hydrogens (tertiary/aromatic N) is 2. The van der Waals surface area contributed by atoms with Crippen molar-refractivity contribution in [3.8, 4) is 0 Å². The summed E-state index contributed by atoms with van der Waals surface area (Å²) < 4.78 is 6.10. The molecule has 0 saturated heterocycles. The van der Waals surface area contributed by atoms with E-state index < -0.39 is 22.3 Å². The molecule has 0 aliphatic heterocycles. The summed E-state index contributed by atoms with van der Waals surface area (Å²) in [5.41, 5.74) is -0.648. The van der Waals surface area contributed by atoms with Crippen LogP contribution in [0.3, 0.4) is 0 Å². The average Bonchev–Trinajstić information content (AvgIpc) is 2.80. The van der Waals surface area contributed by atoms with Crippen LogP contribution in [0.15, 0.2) is 39.7 Å². The normalized spacial score (nSPS) is 10.3. The molecule has 19 heavy (non-hydrogen) atoms. The Balaban J connectivity index is 2.25. The fourth-order valence-electron chi connectivity index (χ4n) is 1.49. The highest BCUT2D eigenvalue weighted by molar-refractivity contribution is 5.87. The molecule has 0 aromatic carbocycles. The van der Waals surface area contributed by atoms with Gasteiger partial charge in [-0.2, -0.15) is 0 Å². The lowest BCUT2D eigenvalue weighted by Crippen LogP contribution is -2.20. The smallest absolute Gasteiger partial charge is 0.433 e. The first-order chi connectivity index (χ1) is 8.97. The van der Waals surface area contributed by atoms with Gasteiger partial charge >= 0.3 is 11.9 Å². The summed E-state index contributed by atoms with van der Waals surface area (Å²) in [5.74, 6) is -1.38. The van der Waals surface area contributed by atoms with Gasteiger partial charge in [0.2, 0.25) is 0 Å². The number of nitro groups is 1. The Labute approximate surface area is 105 Å². The number of hydrogen-bond donors (Lipinski definition) is 1. The molecule has 0 aliphatic carbocycles. The largest absolute Gasteiger partial charge is 0.478 e. The third-order valence-electron chi connectivity index (χ3n) is 2.40. The van der Waals surface area contributed by atoms with Gasteiger partial charge in [-0.3, -0.25) is 14.9 Å². The average molecular weight is 264 g/mol. The Morgan fingerprint density at radius 2 is 2.16 bits per heavy atom. The van der Waals surface area contributed by atoms with E-state index in [9.17, 15) is 19.7 Å². The quantitative estimate of drug-likeness (QED) is 0.652. The molecule has 1 N–H and O–H groups in total. The van der Waals surface area contributed by atoms with E-state index in [4.69, 9.17) is 9.52 Å². The lowest BCUT2D eigenvalue weighted by atomic mass is 10.2. The van der Waals surface area contributed by atoms with E-state index in [-0.39, 0.29) is 17.9 Å². The molecule has 98 valence electrons. The molecular weight excluding hydrogens is 256 g/mol. The molecule has 8 heteroatoms. The minimum atomic E-state index is -1.20. The highest BCUT2D eigenvalue weighted by atomic mass is 16.6. The lowest BCUT2D eigenvalue weighted by Gasteiger charge is -2.02. The number of carboxylic acid groups (broad SMARTS) is 1. The second-order valence-corrected chi connectivity index (χ2v) is 3.68. The number of carboxylic acids is 1. The molecule has 2 aromatic rings. The van der Waals surface area contributed by atoms with Crippen LogP contribution in [0.25, 0.3) is 0 Å². The Morgan fingerprint density at radius 3 is 2.68 bits per heavy atom. The molecule has 2 heterocycles. The molecule has 0 aliphatic rings. The highest BCUT2D eigenvalue weighted by Crippen LogP contribution is 2.16. The van der Waals surface area contributed by atoms with Gasteiger partial charge in [-0.25, -0.2) is 4.79 Å². The summed E-state index contributed by atoms with van der Waals surface area (Å²) in [6, 6.07) is 4.81. The molecule has 0 spiro atoms. The number of carbonyl (C=O) groups is 1. The van der Waals surface area contributed by atoms with E-state index in [0.29, 0.717) is 0 Å². The Bertz CT molecular complexity index is 699. The zero-order valence-electron chi connectivity index (χ0n) is 9.48. The number of aromatic carboxylic acids is 1. The highest BCUT2D eigenvalue weighted by Gasteiger charge is 2.12. The van der Waals surface area contributed by atoms with Crippen LogP contribution >= 0.6 is 0 Å². The predicted molar refractivity (Wildman–Crippen MR) is 62.1 cm³/mol. The molecule has 2 rings (SSSR count). The van der Waals surface area contributed by atoms with E-state index in [1.165, 1.54) is 29.0 Å². The van der Waals surface area contributed by atoms with Crippen molar-refractivity contribution in [3.63, 3.8) is 0 Å². The van der Waals surface area contributed by atoms with Crippen molar-refractivity contribution in [2.75, 3.05) is 0 Å². The van der Waals surface area contributed by atoms with Gasteiger partial charge in [0.05, 0.1) is 18.2 Å². The van der Waals surface area contributed by atoms with Crippen LogP contribution in [0.2, 0.25) is 0 Å². The fourth-order valence-corrected chi connectivity index (χ4v) is 1.49. The predicted octanol–water partition coefficient (Wildman–Crippen LogP) is 1.10. The second kappa shape index (κ2) is 4.77. The molecule has 2 aromatic heterocycles. The molecule has 0 fully saturated rings. The van der Waals surface area contributed by atoms with Crippen LogP contribution in [0.5, 0.6) is 0 Å². The number of pyridine rings is 1. The molecule has 0 radical (unpaired) electrons. The summed E-state index contributed by atoms with van der Waals surface area (Å²) in [5, 5.41) is 19.1. The van der Waals surface area contributed by atoms with Gasteiger partial charge in [0.1, 0.15) is 10.7 Å². The zero-order valence-corrected chi connectivity index (χ0v) is 9.48. The van der Waals surface area contributed by atoms with Gasteiger partial charge in [-0.1, -0.05) is 0 Å². The first-order valence-corrected chi connectivity index (χ1v) is 5.14. The molecule has 0 bridgehead atoms. The van der Waals surface area contributed by atoms with Crippen LogP contribution in [-0.4, -0.2) is 20.6 Å². The van der Waals surface area contributed by atoms with Crippen molar-refractivity contribution in [1.29, 1.82) is 0 Å². The minimum Gasteiger partial charge on any atom is -0.478 e. The molecule has 0 saturated carbocycles. The maximum Gasteiger partial charge on any atom is 0.433 e. The Morgan fingerprint density at radius 1 is 1.42 bits per heavy atom. The summed E-state index contributed by atoms with van der Waals surface area (Å²) in [7, 11) is 0. The first-order valence-electron chi connectivity index (χ1n) is 5.14. The topological polar surface area (TPSA) is 116 Å². The Hall–Kier alpha value is -2.90. The van der Waals surface area contributed by atoms with E-state index in [0.717, 1.165) is 6.07 Å². The molecule has 0 amide bonds. The second-order valence-electron chi connectivity index (χ2n) is 3.68. The van der Waals surface area contributed by atoms with Crippen LogP contribution < -0.4 is 5.56 Å². The summed E-state index contributed by atoms with van der Waals surface area (Å²) in [6.07, 6.45) is 1.29. The van der Waals surface area contributed by atoms with Crippen molar-refractivity contribution in [2.24, 2.45) is 0 Å². The minimum absolute atomic E-state index is 0.00737. The lowest BCUT2D eigenvalue weighted by molar-refractivity contribution is -0.402. The van der Waals surface area contributed by atoms with Crippen LogP contribution in [0, 0.1) is 10.1 Å². The number of furan rings is 1. The van der Waals surface area contributed by atoms with Crippen molar-refractivity contribution < 1.29 is 19.2 Å². The fraction of sp³-hybridized carbons (Fsp3) is 0.0909. The monoisotopic (exact) mass is 264 g/mol. The van der Waals surface area contributed by atoms with Gasteiger partial charge < -0.3 is 14.1 Å². The van der Waals surface area contributed by atoms with Crippen molar-refractivity contribution in [1.82, 2.24) is 4.57 Å². The van der Waals surface area contributed by atoms with Gasteiger partial charge in [-0.15, -0.1) is 0 Å². The summed E-state index contributed by atoms with van der Waals surface area (Å²) in [6.45, 7) is -0.00737. The number of rotatable bonds is 4. The van der Waals surface area contributed by atoms with E-state index in [2.05, 4.69) is 0 Å². The van der Waals surface area contributed by atoms with E-state index in [1.54, 1.807) is 0 Å². The van der Waals surface area contributed by atoms with Crippen molar-refractivity contribution >= 4 is 11.9 Å². The van der Waals surface area contributed by atoms with Crippen molar-refractivity contribution in [2.45, 2.75) is 6.54 Å². The zero-order chi connectivity index (χ0) is 14.0. The number of aromatic nitrogens is 1. The SMILES string of the molecule is O=C(O)c1ccn(Cc2ccc([N+](=O)[O-])o2)c(=O)c1. The van der Waals surface area contributed by atoms with Gasteiger partial charge in [-0.05, 0) is 12.1 Å². The third-order valence-corrected chi connectivity index (χ3v) is 2.40. The Kier molecular flexibility index (Phi) is 3.15. The molecule has 0 atom stereocenters. The van der Waals surface area contributed by atoms with Crippen LogP contribution in [0.4, 0.5) is 5.88 Å². The van der Waals surface area contributed by atoms with E-state index >= 15 is 0 Å². The van der Waals surface area contributed by atoms with Crippen molar-refractivity contribution in [3.05, 3.63) is 62.3 Å². The molecule has 0 unspecified atom stereocenters. The number of hydrogen-bond acceptors (Lipinski definition) is 5. The van der Waals surface area contributed by atoms with Gasteiger partial charge in [0.25, 0.3) is 5.56 Å². The first kappa shape index (κ1) is 12.6. The van der Waals surface area contributed by atoms with Crippen LogP contribution in [0.1, 0.15) is 16.1 Å².